The first-order valence-corrected chi connectivity index (χ1v) is 48.4. The van der Waals surface area contributed by atoms with Crippen molar-refractivity contribution in [2.75, 3.05) is 0 Å². The average molecular weight is 1820 g/mol. The Morgan fingerprint density at radius 3 is 0.936 bits per heavy atom. The Kier molecular flexibility index (Phi) is 20.9. The molecule has 141 heavy (non-hydrogen) atoms. The Hall–Kier alpha value is -18.6. The van der Waals surface area contributed by atoms with Crippen LogP contribution < -0.4 is 0 Å². The third-order valence-corrected chi connectivity index (χ3v) is 28.5. The Morgan fingerprint density at radius 1 is 0.191 bits per heavy atom. The number of aromatic nitrogens is 9. The Labute approximate surface area is 816 Å². The number of nitrogens with zero attached hydrogens (tertiary/aromatic N) is 9. The molecule has 0 spiro atoms. The first kappa shape index (κ1) is 83.0. The van der Waals surface area contributed by atoms with Gasteiger partial charge < -0.3 is 9.13 Å². The van der Waals surface area contributed by atoms with Gasteiger partial charge in [0.05, 0.1) is 83.0 Å². The van der Waals surface area contributed by atoms with E-state index in [-0.39, 0.29) is 0 Å². The van der Waals surface area contributed by atoms with Crippen molar-refractivity contribution in [3.63, 3.8) is 0 Å². The molecule has 28 aromatic rings. The predicted molar refractivity (Wildman–Crippen MR) is 590 cm³/mol. The second-order valence-electron chi connectivity index (χ2n) is 35.6. The molecule has 0 aliphatic carbocycles. The number of rotatable bonds is 13. The standard InChI is InChI=1S/C55H35N3.C41H25N3S.C35H23N3/c1-3-16-36(17-4-1)42-24-15-25-48-54(42)47-31-30-38(34-49(47)56-55(48)37-18-5-2-6-19-37)39-32-40(57-50-26-11-7-20-43(50)44-21-8-12-27-51(44)57)35-41(33-39)58-52-28-13-9-22-45(52)46-23-10-14-29-53(46)58;1-4-13-26(14-5-1)30-20-12-21-33-36(30)31-24-23-29(25-34(31)42-37(33)27-15-6-2-7-16-27)38-40-39(32-19-10-11-22-35(32)45-40)44-41(43-38)28-17-8-3-9-18-28;1-3-10-24(11-4-1)28-14-9-15-30-34(28)29-19-17-26(22-33(29)38-35(30)25-12-5-2-6-13-25)27-18-20-32(37-23-27)31-16-7-8-21-36-31/h1-35H;1-25H;1-23H. The normalized spacial score (nSPS) is 11.5. The van der Waals surface area contributed by atoms with Gasteiger partial charge in [-0.1, -0.05) is 406 Å². The lowest BCUT2D eigenvalue weighted by molar-refractivity contribution is 1.13. The van der Waals surface area contributed by atoms with Crippen LogP contribution in [0.5, 0.6) is 0 Å². The summed E-state index contributed by atoms with van der Waals surface area (Å²) in [5.74, 6) is 0.726. The van der Waals surface area contributed by atoms with Gasteiger partial charge in [0.1, 0.15) is 0 Å². The zero-order valence-corrected chi connectivity index (χ0v) is 77.2. The summed E-state index contributed by atoms with van der Waals surface area (Å²) in [6, 6.07) is 174. The molecule has 0 saturated carbocycles. The quantitative estimate of drug-likeness (QED) is 0.106. The van der Waals surface area contributed by atoms with E-state index in [0.29, 0.717) is 0 Å². The number of pyridine rings is 5. The molecule has 10 heteroatoms. The summed E-state index contributed by atoms with van der Waals surface area (Å²) >= 11 is 1.75. The van der Waals surface area contributed by atoms with Crippen molar-refractivity contribution in [2.45, 2.75) is 0 Å². The fourth-order valence-corrected chi connectivity index (χ4v) is 22.0. The number of fused-ring (bicyclic) bond motifs is 18. The van der Waals surface area contributed by atoms with Crippen LogP contribution in [0.1, 0.15) is 0 Å². The van der Waals surface area contributed by atoms with Crippen molar-refractivity contribution < 1.29 is 0 Å². The first-order chi connectivity index (χ1) is 69.9. The highest BCUT2D eigenvalue weighted by Gasteiger charge is 2.25. The molecule has 9 aromatic heterocycles. The second kappa shape index (κ2) is 35.6. The molecule has 0 N–H and O–H groups in total. The van der Waals surface area contributed by atoms with Crippen molar-refractivity contribution in [1.29, 1.82) is 0 Å². The fraction of sp³-hybridized carbons (Fsp3) is 0. The van der Waals surface area contributed by atoms with E-state index in [2.05, 4.69) is 457 Å². The maximum atomic E-state index is 5.49. The Morgan fingerprint density at radius 2 is 0.532 bits per heavy atom. The van der Waals surface area contributed by atoms with Crippen LogP contribution in [0, 0.1) is 0 Å². The van der Waals surface area contributed by atoms with E-state index >= 15 is 0 Å². The number of hydrogen-bond acceptors (Lipinski definition) is 8. The molecular weight excluding hydrogens is 1730 g/mol. The van der Waals surface area contributed by atoms with Gasteiger partial charge in [-0.3, -0.25) is 9.97 Å². The first-order valence-electron chi connectivity index (χ1n) is 47.6. The van der Waals surface area contributed by atoms with Crippen molar-refractivity contribution in [3.8, 4) is 135 Å². The van der Waals surface area contributed by atoms with Gasteiger partial charge in [0.15, 0.2) is 5.82 Å². The van der Waals surface area contributed by atoms with Crippen LogP contribution in [0.15, 0.2) is 504 Å². The molecule has 9 nitrogen and oxygen atoms in total. The van der Waals surface area contributed by atoms with Crippen molar-refractivity contribution in [2.24, 2.45) is 0 Å². The van der Waals surface area contributed by atoms with E-state index in [1.165, 1.54) is 97.9 Å². The predicted octanol–water partition coefficient (Wildman–Crippen LogP) is 34.6. The van der Waals surface area contributed by atoms with Crippen molar-refractivity contribution in [3.05, 3.63) is 504 Å². The fourth-order valence-electron chi connectivity index (χ4n) is 20.9. The van der Waals surface area contributed by atoms with Crippen molar-refractivity contribution >= 4 is 140 Å². The van der Waals surface area contributed by atoms with Crippen LogP contribution >= 0.6 is 11.3 Å². The van der Waals surface area contributed by atoms with Gasteiger partial charge in [-0.05, 0) is 135 Å². The number of hydrogen-bond donors (Lipinski definition) is 0. The van der Waals surface area contributed by atoms with Gasteiger partial charge in [-0.15, -0.1) is 11.3 Å². The van der Waals surface area contributed by atoms with Gasteiger partial charge in [-0.2, -0.15) is 0 Å². The van der Waals surface area contributed by atoms with E-state index in [0.717, 1.165) is 166 Å². The van der Waals surface area contributed by atoms with Crippen molar-refractivity contribution in [1.82, 2.24) is 44.0 Å². The van der Waals surface area contributed by atoms with Crippen LogP contribution in [-0.2, 0) is 0 Å². The molecule has 28 rings (SSSR count). The van der Waals surface area contributed by atoms with Gasteiger partial charge in [0.2, 0.25) is 0 Å². The summed E-state index contributed by atoms with van der Waals surface area (Å²) < 4.78 is 7.15. The molecular formula is C131H83N9S. The maximum Gasteiger partial charge on any atom is 0.160 e. The lowest BCUT2D eigenvalue weighted by Gasteiger charge is -2.17. The third kappa shape index (κ3) is 15.0. The van der Waals surface area contributed by atoms with E-state index in [1.54, 1.807) is 17.5 Å². The summed E-state index contributed by atoms with van der Waals surface area (Å²) in [7, 11) is 0. The molecule has 19 aromatic carbocycles. The van der Waals surface area contributed by atoms with Gasteiger partial charge in [0.25, 0.3) is 0 Å². The zero-order valence-electron chi connectivity index (χ0n) is 76.4. The molecule has 0 atom stereocenters. The number of para-hydroxylation sites is 4. The molecule has 0 bridgehead atoms. The average Bonchev–Trinajstić information content (AvgIpc) is 1.70. The lowest BCUT2D eigenvalue weighted by Crippen LogP contribution is -2.00. The van der Waals surface area contributed by atoms with E-state index < -0.39 is 0 Å². The molecule has 9 heterocycles. The highest BCUT2D eigenvalue weighted by molar-refractivity contribution is 7.26. The lowest BCUT2D eigenvalue weighted by atomic mass is 9.92. The molecule has 658 valence electrons. The minimum absolute atomic E-state index is 0.726. The maximum absolute atomic E-state index is 5.49. The SMILES string of the molecule is c1ccc(-c2nc(-c3ccc4c(c3)nc(-c3ccccc3)c3cccc(-c5ccccc5)c34)c3sc4ccccc4c3n2)cc1.c1ccc(-c2nc3cc(-c4cc(-n5c6ccccc6c6ccccc65)cc(-n5c6ccccc6c6ccccc65)c4)ccc3c3c(-c4ccccc4)cccc23)cc1.c1ccc(-c2nc3cc(-c4ccc(-c5ccccn5)nc4)ccc3c3c(-c4ccccc4)cccc23)cc1. The van der Waals surface area contributed by atoms with Crippen LogP contribution in [0.25, 0.3) is 264 Å². The molecule has 0 aliphatic rings. The third-order valence-electron chi connectivity index (χ3n) is 27.3. The van der Waals surface area contributed by atoms with Gasteiger partial charge in [0, 0.05) is 137 Å². The monoisotopic (exact) mass is 1810 g/mol. The highest BCUT2D eigenvalue weighted by Crippen LogP contribution is 2.48. The second-order valence-corrected chi connectivity index (χ2v) is 36.7. The van der Waals surface area contributed by atoms with E-state index in [1.807, 2.05) is 54.7 Å². The van der Waals surface area contributed by atoms with Gasteiger partial charge in [-0.25, -0.2) is 24.9 Å². The minimum atomic E-state index is 0.726. The Bertz CT molecular complexity index is 9460. The summed E-state index contributed by atoms with van der Waals surface area (Å²) in [4.78, 5) is 35.5. The molecule has 0 radical (unpaired) electrons. The van der Waals surface area contributed by atoms with E-state index in [4.69, 9.17) is 29.9 Å². The molecule has 0 aliphatic heterocycles. The number of benzene rings is 19. The summed E-state index contributed by atoms with van der Waals surface area (Å²) in [5.41, 5.74) is 33.3. The Balaban J connectivity index is 0.000000111. The molecule has 0 fully saturated rings. The molecule has 0 unspecified atom stereocenters. The van der Waals surface area contributed by atoms with Gasteiger partial charge >= 0.3 is 0 Å². The topological polar surface area (TPSA) is 100 Å². The van der Waals surface area contributed by atoms with Crippen LogP contribution in [-0.4, -0.2) is 44.0 Å². The van der Waals surface area contributed by atoms with Crippen LogP contribution in [0.3, 0.4) is 0 Å². The molecule has 0 amide bonds. The van der Waals surface area contributed by atoms with E-state index in [9.17, 15) is 0 Å². The number of thiophene rings is 1. The smallest absolute Gasteiger partial charge is 0.160 e. The summed E-state index contributed by atoms with van der Waals surface area (Å²) in [5, 5.41) is 16.6. The minimum Gasteiger partial charge on any atom is -0.309 e. The summed E-state index contributed by atoms with van der Waals surface area (Å²) in [6.07, 6.45) is 3.71. The van der Waals surface area contributed by atoms with Crippen LogP contribution in [0.4, 0.5) is 0 Å². The molecule has 0 saturated heterocycles. The zero-order chi connectivity index (χ0) is 93.2. The highest BCUT2D eigenvalue weighted by atomic mass is 32.1. The largest absolute Gasteiger partial charge is 0.309 e. The summed E-state index contributed by atoms with van der Waals surface area (Å²) in [6.45, 7) is 0. The van der Waals surface area contributed by atoms with Crippen LogP contribution in [0.2, 0.25) is 0 Å².